The Bertz CT molecular complexity index is 853. The van der Waals surface area contributed by atoms with Gasteiger partial charge in [-0.1, -0.05) is 6.92 Å². The van der Waals surface area contributed by atoms with E-state index >= 15 is 0 Å². The van der Waals surface area contributed by atoms with Crippen LogP contribution >= 0.6 is 0 Å². The summed E-state index contributed by atoms with van der Waals surface area (Å²) in [6.07, 6.45) is -18.1. The summed E-state index contributed by atoms with van der Waals surface area (Å²) < 4.78 is 189. The number of carbonyl (C=O) groups is 3. The standard InChI is InChI=1S/C16H13F14NO5/c1-2-3-35-8(32)7-4-6(36-10(34)12(19,20)14(23,24)16(28,29)30)5-31(7)9(33)11(17,18)13(21,22)15(25,26)27/h6-7H,2-5H2,1H3/t6-,7+/m1/s1. The summed E-state index contributed by atoms with van der Waals surface area (Å²) in [5.74, 6) is -36.2. The molecule has 0 radical (unpaired) electrons. The van der Waals surface area contributed by atoms with E-state index in [-0.39, 0.29) is 6.42 Å². The number of carbonyl (C=O) groups excluding carboxylic acids is 3. The molecule has 0 N–H and O–H groups in total. The van der Waals surface area contributed by atoms with E-state index in [0.717, 1.165) is 0 Å². The van der Waals surface area contributed by atoms with Gasteiger partial charge in [0, 0.05) is 6.42 Å². The van der Waals surface area contributed by atoms with Crippen molar-refractivity contribution in [1.82, 2.24) is 4.90 Å². The molecule has 1 amide bonds. The van der Waals surface area contributed by atoms with Crippen LogP contribution in [0, 0.1) is 0 Å². The van der Waals surface area contributed by atoms with Crippen LogP contribution in [0.4, 0.5) is 61.5 Å². The lowest BCUT2D eigenvalue weighted by Crippen LogP contribution is -2.61. The lowest BCUT2D eigenvalue weighted by molar-refractivity contribution is -0.349. The third kappa shape index (κ3) is 5.40. The normalized spacial score (nSPS) is 20.4. The number of alkyl halides is 14. The van der Waals surface area contributed by atoms with Gasteiger partial charge >= 0.3 is 53.9 Å². The summed E-state index contributed by atoms with van der Waals surface area (Å²) in [4.78, 5) is 34.4. The molecule has 1 saturated heterocycles. The van der Waals surface area contributed by atoms with Crippen molar-refractivity contribution in [3.63, 3.8) is 0 Å². The van der Waals surface area contributed by atoms with Crippen LogP contribution in [0.15, 0.2) is 0 Å². The van der Waals surface area contributed by atoms with E-state index in [1.165, 1.54) is 6.92 Å². The third-order valence-electron chi connectivity index (χ3n) is 4.54. The molecule has 0 aliphatic carbocycles. The second kappa shape index (κ2) is 9.71. The van der Waals surface area contributed by atoms with Gasteiger partial charge in [0.15, 0.2) is 0 Å². The Hall–Kier alpha value is -2.57. The molecule has 0 bridgehead atoms. The van der Waals surface area contributed by atoms with E-state index in [1.54, 1.807) is 0 Å². The Kier molecular flexibility index (Phi) is 8.49. The van der Waals surface area contributed by atoms with E-state index in [9.17, 15) is 75.8 Å². The molecule has 0 aromatic rings. The van der Waals surface area contributed by atoms with Gasteiger partial charge in [-0.15, -0.1) is 0 Å². The van der Waals surface area contributed by atoms with Crippen LogP contribution in [0.2, 0.25) is 0 Å². The van der Waals surface area contributed by atoms with Crippen molar-refractivity contribution in [1.29, 1.82) is 0 Å². The minimum atomic E-state index is -7.05. The lowest BCUT2D eigenvalue weighted by atomic mass is 10.1. The second-order valence-corrected chi connectivity index (χ2v) is 7.20. The highest BCUT2D eigenvalue weighted by Gasteiger charge is 2.79. The highest BCUT2D eigenvalue weighted by Crippen LogP contribution is 2.49. The summed E-state index contributed by atoms with van der Waals surface area (Å²) >= 11 is 0. The number of hydrogen-bond acceptors (Lipinski definition) is 5. The molecule has 1 aliphatic heterocycles. The first kappa shape index (κ1) is 31.5. The first-order valence-corrected chi connectivity index (χ1v) is 9.21. The van der Waals surface area contributed by atoms with Crippen molar-refractivity contribution in [2.75, 3.05) is 13.2 Å². The zero-order chi connectivity index (χ0) is 28.7. The summed E-state index contributed by atoms with van der Waals surface area (Å²) in [6, 6.07) is -2.60. The van der Waals surface area contributed by atoms with E-state index in [4.69, 9.17) is 0 Å². The fraction of sp³-hybridized carbons (Fsp3) is 0.812. The zero-order valence-corrected chi connectivity index (χ0v) is 17.3. The third-order valence-corrected chi connectivity index (χ3v) is 4.54. The van der Waals surface area contributed by atoms with Crippen LogP contribution in [0.5, 0.6) is 0 Å². The summed E-state index contributed by atoms with van der Waals surface area (Å²) in [7, 11) is 0. The number of ether oxygens (including phenoxy) is 2. The van der Waals surface area contributed by atoms with Crippen LogP contribution in [-0.2, 0) is 23.9 Å². The number of hydrogen-bond donors (Lipinski definition) is 0. The smallest absolute Gasteiger partial charge is 0.460 e. The number of likely N-dealkylation sites (tertiary alicyclic amines) is 1. The molecule has 0 unspecified atom stereocenters. The van der Waals surface area contributed by atoms with E-state index in [2.05, 4.69) is 9.47 Å². The van der Waals surface area contributed by atoms with Gasteiger partial charge in [-0.3, -0.25) is 4.79 Å². The molecule has 210 valence electrons. The van der Waals surface area contributed by atoms with Crippen molar-refractivity contribution in [2.24, 2.45) is 0 Å². The Morgan fingerprint density at radius 3 is 1.64 bits per heavy atom. The van der Waals surface area contributed by atoms with Crippen molar-refractivity contribution in [3.05, 3.63) is 0 Å². The molecule has 0 saturated carbocycles. The van der Waals surface area contributed by atoms with Crippen LogP contribution in [0.25, 0.3) is 0 Å². The molecule has 1 aliphatic rings. The van der Waals surface area contributed by atoms with Gasteiger partial charge in [0.1, 0.15) is 12.1 Å². The molecule has 6 nitrogen and oxygen atoms in total. The number of amides is 1. The molecular weight excluding hydrogens is 552 g/mol. The SMILES string of the molecule is CCCOC(=O)[C@@H]1C[C@@H](OC(=O)C(F)(F)C(F)(F)C(F)(F)F)CN1C(=O)C(F)(F)C(F)(F)C(F)(F)F. The molecule has 0 spiro atoms. The molecule has 0 aromatic carbocycles. The molecule has 0 aromatic heterocycles. The Morgan fingerprint density at radius 1 is 0.778 bits per heavy atom. The predicted octanol–water partition coefficient (Wildman–Crippen LogP) is 4.12. The summed E-state index contributed by atoms with van der Waals surface area (Å²) in [6.45, 7) is -1.07. The number of nitrogens with zero attached hydrogens (tertiary/aromatic N) is 1. The summed E-state index contributed by atoms with van der Waals surface area (Å²) in [5, 5.41) is 0. The summed E-state index contributed by atoms with van der Waals surface area (Å²) in [5.41, 5.74) is 0. The van der Waals surface area contributed by atoms with Crippen molar-refractivity contribution < 1.29 is 85.3 Å². The molecule has 1 heterocycles. The lowest BCUT2D eigenvalue weighted by Gasteiger charge is -2.32. The molecule has 1 fully saturated rings. The van der Waals surface area contributed by atoms with Crippen molar-refractivity contribution >= 4 is 17.8 Å². The minimum Gasteiger partial charge on any atom is -0.464 e. The average molecular weight is 565 g/mol. The Balaban J connectivity index is 3.32. The van der Waals surface area contributed by atoms with Gasteiger partial charge in [0.05, 0.1) is 13.2 Å². The Morgan fingerprint density at radius 2 is 1.22 bits per heavy atom. The van der Waals surface area contributed by atoms with Gasteiger partial charge in [-0.25, -0.2) is 9.59 Å². The number of rotatable bonds is 8. The quantitative estimate of drug-likeness (QED) is 0.327. The van der Waals surface area contributed by atoms with Crippen molar-refractivity contribution in [3.8, 4) is 0 Å². The Labute approximate surface area is 190 Å². The monoisotopic (exact) mass is 565 g/mol. The van der Waals surface area contributed by atoms with Gasteiger partial charge in [0.25, 0.3) is 0 Å². The number of halogens is 14. The number of esters is 2. The molecule has 20 heteroatoms. The van der Waals surface area contributed by atoms with E-state index < -0.39 is 90.5 Å². The highest BCUT2D eigenvalue weighted by molar-refractivity contribution is 5.90. The van der Waals surface area contributed by atoms with Gasteiger partial charge in [-0.2, -0.15) is 61.5 Å². The van der Waals surface area contributed by atoms with Crippen LogP contribution in [-0.4, -0.2) is 84.1 Å². The maximum Gasteiger partial charge on any atom is 0.460 e. The zero-order valence-electron chi connectivity index (χ0n) is 17.3. The van der Waals surface area contributed by atoms with Gasteiger partial charge in [0.2, 0.25) is 0 Å². The van der Waals surface area contributed by atoms with Crippen molar-refractivity contribution in [2.45, 2.75) is 68.0 Å². The van der Waals surface area contributed by atoms with E-state index in [1.807, 2.05) is 0 Å². The second-order valence-electron chi connectivity index (χ2n) is 7.20. The largest absolute Gasteiger partial charge is 0.464 e. The van der Waals surface area contributed by atoms with Crippen LogP contribution < -0.4 is 0 Å². The molecule has 36 heavy (non-hydrogen) atoms. The van der Waals surface area contributed by atoms with Crippen LogP contribution in [0.1, 0.15) is 19.8 Å². The maximum atomic E-state index is 13.8. The fourth-order valence-electron chi connectivity index (χ4n) is 2.65. The molecule has 2 atom stereocenters. The maximum absolute atomic E-state index is 13.8. The van der Waals surface area contributed by atoms with Gasteiger partial charge < -0.3 is 14.4 Å². The fourth-order valence-corrected chi connectivity index (χ4v) is 2.65. The van der Waals surface area contributed by atoms with E-state index in [0.29, 0.717) is 0 Å². The highest BCUT2D eigenvalue weighted by atomic mass is 19.4. The first-order chi connectivity index (χ1) is 15.9. The predicted molar refractivity (Wildman–Crippen MR) is 83.1 cm³/mol. The average Bonchev–Trinajstić information content (AvgIpc) is 3.12. The van der Waals surface area contributed by atoms with Crippen LogP contribution in [0.3, 0.4) is 0 Å². The molecular formula is C16H13F14NO5. The topological polar surface area (TPSA) is 72.9 Å². The van der Waals surface area contributed by atoms with Gasteiger partial charge in [-0.05, 0) is 6.42 Å². The molecule has 1 rings (SSSR count). The first-order valence-electron chi connectivity index (χ1n) is 9.21. The minimum absolute atomic E-state index is 0.00806.